The minimum atomic E-state index is -4.27. The zero-order chi connectivity index (χ0) is 37.7. The SMILES string of the molecule is CCCCCCCC/C=C/CCCCCCCCOCC(COP(=O)(O)OCC[N+](C)(C)C)OC(=O)CCCCCCCCCCCCCCC. The summed E-state index contributed by atoms with van der Waals surface area (Å²) in [6.45, 7) is 5.63. The summed E-state index contributed by atoms with van der Waals surface area (Å²) in [6.07, 6.45) is 38.0. The number of phosphoric acid groups is 1. The Morgan fingerprint density at radius 1 is 0.588 bits per heavy atom. The fourth-order valence-electron chi connectivity index (χ4n) is 5.96. The van der Waals surface area contributed by atoms with E-state index in [0.29, 0.717) is 24.1 Å². The highest BCUT2D eigenvalue weighted by molar-refractivity contribution is 7.47. The molecule has 0 saturated carbocycles. The Labute approximate surface area is 316 Å². The first-order valence-electron chi connectivity index (χ1n) is 21.4. The van der Waals surface area contributed by atoms with Crippen LogP contribution in [0.5, 0.6) is 0 Å². The lowest BCUT2D eigenvalue weighted by Gasteiger charge is -2.24. The van der Waals surface area contributed by atoms with E-state index >= 15 is 0 Å². The van der Waals surface area contributed by atoms with Crippen molar-refractivity contribution in [2.75, 3.05) is 54.1 Å². The van der Waals surface area contributed by atoms with Crippen LogP contribution in [-0.4, -0.2) is 75.6 Å². The van der Waals surface area contributed by atoms with Crippen molar-refractivity contribution in [2.24, 2.45) is 0 Å². The van der Waals surface area contributed by atoms with E-state index < -0.39 is 13.9 Å². The lowest BCUT2D eigenvalue weighted by atomic mass is 10.0. The van der Waals surface area contributed by atoms with Crippen LogP contribution in [0, 0.1) is 0 Å². The molecule has 0 amide bonds. The quantitative estimate of drug-likeness (QED) is 0.0219. The lowest BCUT2D eigenvalue weighted by Crippen LogP contribution is -2.37. The second-order valence-electron chi connectivity index (χ2n) is 15.7. The highest BCUT2D eigenvalue weighted by atomic mass is 31.2. The molecule has 304 valence electrons. The second kappa shape index (κ2) is 36.2. The van der Waals surface area contributed by atoms with Crippen LogP contribution in [-0.2, 0) is 27.9 Å². The second-order valence-corrected chi connectivity index (χ2v) is 17.2. The van der Waals surface area contributed by atoms with Crippen molar-refractivity contribution in [3.05, 3.63) is 12.2 Å². The highest BCUT2D eigenvalue weighted by Crippen LogP contribution is 2.43. The standard InChI is InChI=1S/C42H84NO7P/c1-6-8-10-12-14-16-18-20-21-22-24-26-28-30-32-34-37-47-39-41(40-49-51(45,46)48-38-36-43(3,4)5)50-42(44)35-33-31-29-27-25-23-19-17-15-13-11-9-7-2/h20-21,41H,6-19,22-40H2,1-5H3/p+1/b21-20+. The first-order valence-corrected chi connectivity index (χ1v) is 22.9. The minimum absolute atomic E-state index is 0.0905. The summed E-state index contributed by atoms with van der Waals surface area (Å²) in [5, 5.41) is 0. The summed E-state index contributed by atoms with van der Waals surface area (Å²) in [4.78, 5) is 22.8. The van der Waals surface area contributed by atoms with Crippen molar-refractivity contribution in [1.82, 2.24) is 0 Å². The number of likely N-dealkylation sites (N-methyl/N-ethyl adjacent to an activating group) is 1. The van der Waals surface area contributed by atoms with Crippen LogP contribution in [0.15, 0.2) is 12.2 Å². The predicted molar refractivity (Wildman–Crippen MR) is 215 cm³/mol. The van der Waals surface area contributed by atoms with Crippen molar-refractivity contribution < 1.29 is 37.3 Å². The Bertz CT molecular complexity index is 833. The Balaban J connectivity index is 4.23. The largest absolute Gasteiger partial charge is 0.472 e. The smallest absolute Gasteiger partial charge is 0.457 e. The topological polar surface area (TPSA) is 91.3 Å². The molecular weight excluding hydrogens is 661 g/mol. The average molecular weight is 747 g/mol. The van der Waals surface area contributed by atoms with Gasteiger partial charge in [-0.05, 0) is 38.5 Å². The molecule has 0 radical (unpaired) electrons. The summed E-state index contributed by atoms with van der Waals surface area (Å²) < 4.78 is 34.9. The molecule has 0 aliphatic rings. The maximum atomic E-state index is 12.7. The zero-order valence-corrected chi connectivity index (χ0v) is 35.3. The molecular formula is C42H85NO7P+. The van der Waals surface area contributed by atoms with Gasteiger partial charge in [0.15, 0.2) is 0 Å². The fraction of sp³-hybridized carbons (Fsp3) is 0.929. The lowest BCUT2D eigenvalue weighted by molar-refractivity contribution is -0.870. The molecule has 2 atom stereocenters. The van der Waals surface area contributed by atoms with Gasteiger partial charge in [-0.25, -0.2) is 4.57 Å². The summed E-state index contributed by atoms with van der Waals surface area (Å²) >= 11 is 0. The Hall–Kier alpha value is -0.760. The summed E-state index contributed by atoms with van der Waals surface area (Å²) in [5.41, 5.74) is 0. The van der Waals surface area contributed by atoms with Gasteiger partial charge in [0.2, 0.25) is 0 Å². The molecule has 51 heavy (non-hydrogen) atoms. The van der Waals surface area contributed by atoms with Crippen LogP contribution in [0.25, 0.3) is 0 Å². The van der Waals surface area contributed by atoms with Gasteiger partial charge in [-0.15, -0.1) is 0 Å². The van der Waals surface area contributed by atoms with Gasteiger partial charge in [0.25, 0.3) is 0 Å². The Morgan fingerprint density at radius 3 is 1.49 bits per heavy atom. The average Bonchev–Trinajstić information content (AvgIpc) is 3.08. The number of carbonyl (C=O) groups is 1. The monoisotopic (exact) mass is 747 g/mol. The molecule has 1 N–H and O–H groups in total. The summed E-state index contributed by atoms with van der Waals surface area (Å²) in [6, 6.07) is 0. The van der Waals surface area contributed by atoms with Gasteiger partial charge in [0.1, 0.15) is 19.3 Å². The molecule has 0 aromatic carbocycles. The van der Waals surface area contributed by atoms with Crippen LogP contribution in [0.1, 0.15) is 194 Å². The normalized spacial score (nSPS) is 13.9. The molecule has 0 rings (SSSR count). The predicted octanol–water partition coefficient (Wildman–Crippen LogP) is 12.3. The van der Waals surface area contributed by atoms with E-state index in [-0.39, 0.29) is 25.8 Å². The van der Waals surface area contributed by atoms with Gasteiger partial charge < -0.3 is 18.9 Å². The van der Waals surface area contributed by atoms with E-state index in [2.05, 4.69) is 26.0 Å². The van der Waals surface area contributed by atoms with Crippen molar-refractivity contribution in [3.8, 4) is 0 Å². The Kier molecular flexibility index (Phi) is 35.7. The van der Waals surface area contributed by atoms with E-state index in [1.807, 2.05) is 21.1 Å². The van der Waals surface area contributed by atoms with Crippen LogP contribution in [0.3, 0.4) is 0 Å². The Morgan fingerprint density at radius 2 is 1.02 bits per heavy atom. The summed E-state index contributed by atoms with van der Waals surface area (Å²) in [7, 11) is 1.67. The first kappa shape index (κ1) is 50.2. The third kappa shape index (κ3) is 40.3. The number of unbranched alkanes of at least 4 members (excludes halogenated alkanes) is 24. The van der Waals surface area contributed by atoms with Gasteiger partial charge in [-0.2, -0.15) is 0 Å². The molecule has 0 aliphatic heterocycles. The number of carbonyl (C=O) groups excluding carboxylic acids is 1. The molecule has 0 aliphatic carbocycles. The number of hydrogen-bond donors (Lipinski definition) is 1. The minimum Gasteiger partial charge on any atom is -0.457 e. The van der Waals surface area contributed by atoms with Gasteiger partial charge in [-0.3, -0.25) is 13.8 Å². The number of nitrogens with zero attached hydrogens (tertiary/aromatic N) is 1. The zero-order valence-electron chi connectivity index (χ0n) is 34.4. The molecule has 0 heterocycles. The number of quaternary nitrogens is 1. The molecule has 0 fully saturated rings. The third-order valence-corrected chi connectivity index (χ3v) is 10.3. The molecule has 0 aromatic heterocycles. The van der Waals surface area contributed by atoms with Gasteiger partial charge in [-0.1, -0.05) is 161 Å². The number of esters is 1. The third-order valence-electron chi connectivity index (χ3n) is 9.33. The van der Waals surface area contributed by atoms with E-state index in [1.54, 1.807) is 0 Å². The summed E-state index contributed by atoms with van der Waals surface area (Å²) in [5.74, 6) is -0.314. The fourth-order valence-corrected chi connectivity index (χ4v) is 6.70. The molecule has 2 unspecified atom stereocenters. The van der Waals surface area contributed by atoms with Crippen molar-refractivity contribution in [1.29, 1.82) is 0 Å². The number of hydrogen-bond acceptors (Lipinski definition) is 6. The molecule has 0 bridgehead atoms. The van der Waals surface area contributed by atoms with Crippen LogP contribution in [0.2, 0.25) is 0 Å². The van der Waals surface area contributed by atoms with Crippen molar-refractivity contribution in [3.63, 3.8) is 0 Å². The van der Waals surface area contributed by atoms with Crippen molar-refractivity contribution in [2.45, 2.75) is 200 Å². The van der Waals surface area contributed by atoms with E-state index in [0.717, 1.165) is 32.1 Å². The molecule has 0 aromatic rings. The van der Waals surface area contributed by atoms with Crippen LogP contribution >= 0.6 is 7.82 Å². The number of rotatable bonds is 40. The van der Waals surface area contributed by atoms with E-state index in [9.17, 15) is 14.3 Å². The molecule has 9 heteroatoms. The van der Waals surface area contributed by atoms with Gasteiger partial charge in [0.05, 0.1) is 34.4 Å². The molecule has 0 saturated heterocycles. The molecule has 0 spiro atoms. The highest BCUT2D eigenvalue weighted by Gasteiger charge is 2.26. The van der Waals surface area contributed by atoms with E-state index in [4.69, 9.17) is 18.5 Å². The maximum Gasteiger partial charge on any atom is 0.472 e. The molecule has 8 nitrogen and oxygen atoms in total. The van der Waals surface area contributed by atoms with Crippen LogP contribution in [0.4, 0.5) is 0 Å². The van der Waals surface area contributed by atoms with Crippen LogP contribution < -0.4 is 0 Å². The maximum absolute atomic E-state index is 12.7. The van der Waals surface area contributed by atoms with Crippen molar-refractivity contribution >= 4 is 13.8 Å². The van der Waals surface area contributed by atoms with Gasteiger partial charge >= 0.3 is 13.8 Å². The number of phosphoric ester groups is 1. The number of allylic oxidation sites excluding steroid dienone is 2. The van der Waals surface area contributed by atoms with E-state index in [1.165, 1.54) is 141 Å². The first-order chi connectivity index (χ1) is 24.6. The van der Waals surface area contributed by atoms with Gasteiger partial charge in [0, 0.05) is 13.0 Å². The number of ether oxygens (including phenoxy) is 2.